The molecule has 0 aliphatic carbocycles. The summed E-state index contributed by atoms with van der Waals surface area (Å²) in [5.74, 6) is -0.710. The van der Waals surface area contributed by atoms with E-state index in [1.54, 1.807) is 30.0 Å². The number of nitrogens with zero attached hydrogens (tertiary/aromatic N) is 3. The summed E-state index contributed by atoms with van der Waals surface area (Å²) in [6.07, 6.45) is 3.39. The van der Waals surface area contributed by atoms with Crippen molar-refractivity contribution in [2.75, 3.05) is 17.1 Å². The van der Waals surface area contributed by atoms with Crippen molar-refractivity contribution in [1.29, 1.82) is 0 Å². The number of hydrogen-bond acceptors (Lipinski definition) is 7. The second kappa shape index (κ2) is 10.7. The second-order valence-corrected chi connectivity index (χ2v) is 9.41. The number of carbonyl (C=O) groups excluding carboxylic acids is 1. The van der Waals surface area contributed by atoms with Crippen LogP contribution in [-0.4, -0.2) is 38.3 Å². The highest BCUT2D eigenvalue weighted by molar-refractivity contribution is 7.98. The average molecular weight is 485 g/mol. The molecule has 33 heavy (non-hydrogen) atoms. The van der Waals surface area contributed by atoms with Crippen molar-refractivity contribution in [3.05, 3.63) is 94.5 Å². The summed E-state index contributed by atoms with van der Waals surface area (Å²) in [4.78, 5) is 24.1. The number of nitrogens with one attached hydrogen (secondary N) is 1. The summed E-state index contributed by atoms with van der Waals surface area (Å²) in [5.41, 5.74) is 2.74. The lowest BCUT2D eigenvalue weighted by molar-refractivity contribution is -0.384. The van der Waals surface area contributed by atoms with Gasteiger partial charge in [-0.2, -0.15) is 5.10 Å². The number of rotatable bonds is 9. The number of non-ortho nitro benzene ring substituents is 1. The summed E-state index contributed by atoms with van der Waals surface area (Å²) in [6, 6.07) is 20.1. The molecule has 0 heterocycles. The third-order valence-corrected chi connectivity index (χ3v) is 7.00. The maximum atomic E-state index is 13.2. The van der Waals surface area contributed by atoms with Crippen molar-refractivity contribution in [2.45, 2.75) is 9.79 Å². The number of sulfonamides is 1. The van der Waals surface area contributed by atoms with Crippen molar-refractivity contribution in [2.24, 2.45) is 5.10 Å². The van der Waals surface area contributed by atoms with Crippen LogP contribution in [-0.2, 0) is 14.8 Å². The topological polar surface area (TPSA) is 122 Å². The molecule has 0 saturated carbocycles. The van der Waals surface area contributed by atoms with Gasteiger partial charge in [0.2, 0.25) is 0 Å². The van der Waals surface area contributed by atoms with Gasteiger partial charge >= 0.3 is 0 Å². The van der Waals surface area contributed by atoms with E-state index in [0.29, 0.717) is 0 Å². The summed E-state index contributed by atoms with van der Waals surface area (Å²) in [5, 5.41) is 15.1. The SMILES string of the molecule is CSc1ccc(/C=N\NC(=O)CN(c2cccc([N+](=O)[O-])c2)S(=O)(=O)c2ccccc2)cc1. The van der Waals surface area contributed by atoms with Crippen molar-refractivity contribution in [1.82, 2.24) is 5.43 Å². The van der Waals surface area contributed by atoms with Crippen molar-refractivity contribution >= 4 is 45.3 Å². The molecular weight excluding hydrogens is 464 g/mol. The predicted molar refractivity (Wildman–Crippen MR) is 128 cm³/mol. The molecule has 0 aromatic heterocycles. The molecule has 0 atom stereocenters. The minimum Gasteiger partial charge on any atom is -0.271 e. The lowest BCUT2D eigenvalue weighted by Crippen LogP contribution is -2.39. The standard InChI is InChI=1S/C22H20N4O5S2/c1-32-20-12-10-17(11-13-20)15-23-24-22(27)16-25(18-6-5-7-19(14-18)26(28)29)33(30,31)21-8-3-2-4-9-21/h2-15H,16H2,1H3,(H,24,27)/b23-15-. The van der Waals surface area contributed by atoms with Gasteiger partial charge in [-0.3, -0.25) is 19.2 Å². The molecule has 0 radical (unpaired) electrons. The summed E-state index contributed by atoms with van der Waals surface area (Å²) < 4.78 is 27.3. The number of carbonyl (C=O) groups is 1. The van der Waals surface area contributed by atoms with E-state index in [1.807, 2.05) is 30.5 Å². The van der Waals surface area contributed by atoms with E-state index in [9.17, 15) is 23.3 Å². The molecule has 1 amide bonds. The van der Waals surface area contributed by atoms with Crippen LogP contribution in [0.1, 0.15) is 5.56 Å². The summed E-state index contributed by atoms with van der Waals surface area (Å²) in [6.45, 7) is -0.624. The maximum Gasteiger partial charge on any atom is 0.271 e. The van der Waals surface area contributed by atoms with Crippen LogP contribution < -0.4 is 9.73 Å². The first-order chi connectivity index (χ1) is 15.8. The van der Waals surface area contributed by atoms with Gasteiger partial charge in [0.05, 0.1) is 21.7 Å². The number of nitro benzene ring substituents is 1. The molecular formula is C22H20N4O5S2. The number of nitro groups is 1. The molecule has 0 spiro atoms. The first-order valence-electron chi connectivity index (χ1n) is 9.59. The second-order valence-electron chi connectivity index (χ2n) is 6.67. The molecule has 9 nitrogen and oxygen atoms in total. The fourth-order valence-electron chi connectivity index (χ4n) is 2.83. The largest absolute Gasteiger partial charge is 0.271 e. The van der Waals surface area contributed by atoms with Gasteiger partial charge in [0.1, 0.15) is 6.54 Å². The van der Waals surface area contributed by atoms with E-state index in [4.69, 9.17) is 0 Å². The van der Waals surface area contributed by atoms with E-state index < -0.39 is 27.4 Å². The molecule has 0 aliphatic rings. The van der Waals surface area contributed by atoms with Crippen LogP contribution in [0.4, 0.5) is 11.4 Å². The van der Waals surface area contributed by atoms with Crippen LogP contribution in [0.15, 0.2) is 93.8 Å². The zero-order valence-corrected chi connectivity index (χ0v) is 19.1. The third-order valence-electron chi connectivity index (χ3n) is 4.47. The van der Waals surface area contributed by atoms with Crippen LogP contribution >= 0.6 is 11.8 Å². The molecule has 11 heteroatoms. The Hall–Kier alpha value is -3.70. The first-order valence-corrected chi connectivity index (χ1v) is 12.3. The molecule has 1 N–H and O–H groups in total. The van der Waals surface area contributed by atoms with E-state index in [0.717, 1.165) is 20.8 Å². The summed E-state index contributed by atoms with van der Waals surface area (Å²) in [7, 11) is -4.18. The number of hydrazone groups is 1. The van der Waals surface area contributed by atoms with E-state index >= 15 is 0 Å². The molecule has 3 rings (SSSR count). The smallest absolute Gasteiger partial charge is 0.271 e. The van der Waals surface area contributed by atoms with Crippen molar-refractivity contribution in [3.8, 4) is 0 Å². The highest BCUT2D eigenvalue weighted by Crippen LogP contribution is 2.26. The van der Waals surface area contributed by atoms with Gasteiger partial charge in [0.25, 0.3) is 21.6 Å². The first kappa shape index (κ1) is 24.0. The fourth-order valence-corrected chi connectivity index (χ4v) is 4.67. The Kier molecular flexibility index (Phi) is 7.80. The Morgan fingerprint density at radius 1 is 1.09 bits per heavy atom. The van der Waals surface area contributed by atoms with Crippen LogP contribution in [0.25, 0.3) is 0 Å². The number of benzene rings is 3. The van der Waals surface area contributed by atoms with Gasteiger partial charge in [0, 0.05) is 17.0 Å². The molecule has 0 unspecified atom stereocenters. The predicted octanol–water partition coefficient (Wildman–Crippen LogP) is 3.66. The zero-order chi connectivity index (χ0) is 23.8. The van der Waals surface area contributed by atoms with Crippen LogP contribution in [0.3, 0.4) is 0 Å². The highest BCUT2D eigenvalue weighted by Gasteiger charge is 2.28. The minimum absolute atomic E-state index is 0.0140. The van der Waals surface area contributed by atoms with E-state index in [1.165, 1.54) is 36.5 Å². The molecule has 0 bridgehead atoms. The zero-order valence-electron chi connectivity index (χ0n) is 17.5. The Morgan fingerprint density at radius 3 is 2.42 bits per heavy atom. The molecule has 0 aliphatic heterocycles. The molecule has 3 aromatic carbocycles. The van der Waals surface area contributed by atoms with Crippen molar-refractivity contribution in [3.63, 3.8) is 0 Å². The van der Waals surface area contributed by atoms with Crippen LogP contribution in [0.2, 0.25) is 0 Å². The molecule has 170 valence electrons. The van der Waals surface area contributed by atoms with Gasteiger partial charge in [0.15, 0.2) is 0 Å². The van der Waals surface area contributed by atoms with Gasteiger partial charge in [-0.25, -0.2) is 13.8 Å². The van der Waals surface area contributed by atoms with Gasteiger partial charge in [-0.1, -0.05) is 36.4 Å². The van der Waals surface area contributed by atoms with Gasteiger partial charge in [-0.15, -0.1) is 11.8 Å². The van der Waals surface area contributed by atoms with Crippen molar-refractivity contribution < 1.29 is 18.1 Å². The third kappa shape index (κ3) is 6.18. The molecule has 3 aromatic rings. The Morgan fingerprint density at radius 2 is 1.79 bits per heavy atom. The maximum absolute atomic E-state index is 13.2. The van der Waals surface area contributed by atoms with Gasteiger partial charge in [-0.05, 0) is 42.2 Å². The van der Waals surface area contributed by atoms with Gasteiger partial charge < -0.3 is 0 Å². The Balaban J connectivity index is 1.84. The normalized spacial score (nSPS) is 11.3. The summed E-state index contributed by atoms with van der Waals surface area (Å²) >= 11 is 1.60. The minimum atomic E-state index is -4.18. The van der Waals surface area contributed by atoms with E-state index in [2.05, 4.69) is 10.5 Å². The Bertz CT molecular complexity index is 1260. The monoisotopic (exact) mass is 484 g/mol. The van der Waals surface area contributed by atoms with Crippen LogP contribution in [0.5, 0.6) is 0 Å². The average Bonchev–Trinajstić information content (AvgIpc) is 2.83. The lowest BCUT2D eigenvalue weighted by Gasteiger charge is -2.23. The lowest BCUT2D eigenvalue weighted by atomic mass is 10.2. The number of hydrogen-bond donors (Lipinski definition) is 1. The quantitative estimate of drug-likeness (QED) is 0.214. The number of amides is 1. The Labute approximate surface area is 195 Å². The molecule has 0 fully saturated rings. The molecule has 0 saturated heterocycles. The number of anilines is 1. The number of thioether (sulfide) groups is 1. The highest BCUT2D eigenvalue weighted by atomic mass is 32.2. The fraction of sp³-hybridized carbons (Fsp3) is 0.0909. The van der Waals surface area contributed by atoms with Crippen LogP contribution in [0, 0.1) is 10.1 Å². The van der Waals surface area contributed by atoms with E-state index in [-0.39, 0.29) is 16.3 Å².